The summed E-state index contributed by atoms with van der Waals surface area (Å²) in [7, 11) is 4.67. The Morgan fingerprint density at radius 2 is 1.75 bits per heavy atom. The molecule has 0 aromatic heterocycles. The second-order valence-corrected chi connectivity index (χ2v) is 6.96. The van der Waals surface area contributed by atoms with Crippen LogP contribution in [0.5, 0.6) is 23.0 Å². The average Bonchev–Trinajstić information content (AvgIpc) is 2.69. The van der Waals surface area contributed by atoms with Crippen molar-refractivity contribution in [2.24, 2.45) is 5.92 Å². The molecule has 0 spiro atoms. The van der Waals surface area contributed by atoms with Gasteiger partial charge in [0.1, 0.15) is 11.5 Å². The van der Waals surface area contributed by atoms with Crippen LogP contribution in [0.25, 0.3) is 0 Å². The van der Waals surface area contributed by atoms with E-state index >= 15 is 0 Å². The van der Waals surface area contributed by atoms with Gasteiger partial charge >= 0.3 is 0 Å². The van der Waals surface area contributed by atoms with E-state index in [1.54, 1.807) is 38.5 Å². The number of amides is 1. The van der Waals surface area contributed by atoms with Gasteiger partial charge in [0.05, 0.1) is 33.0 Å². The van der Waals surface area contributed by atoms with E-state index in [0.29, 0.717) is 46.1 Å². The van der Waals surface area contributed by atoms with Crippen molar-refractivity contribution in [3.05, 3.63) is 46.5 Å². The number of hydrogen-bond donors (Lipinski definition) is 1. The molecule has 0 unspecified atom stereocenters. The summed E-state index contributed by atoms with van der Waals surface area (Å²) in [4.78, 5) is 12.6. The van der Waals surface area contributed by atoms with Crippen LogP contribution in [-0.4, -0.2) is 33.8 Å². The van der Waals surface area contributed by atoms with Crippen molar-refractivity contribution in [3.63, 3.8) is 0 Å². The Balaban J connectivity index is 2.17. The molecule has 0 aliphatic rings. The van der Waals surface area contributed by atoms with Crippen molar-refractivity contribution in [1.29, 1.82) is 0 Å². The molecule has 0 atom stereocenters. The topological polar surface area (TPSA) is 66.0 Å². The second kappa shape index (κ2) is 10.1. The molecule has 7 heteroatoms. The van der Waals surface area contributed by atoms with Crippen LogP contribution in [0.15, 0.2) is 30.3 Å². The monoisotopic (exact) mass is 407 g/mol. The van der Waals surface area contributed by atoms with E-state index < -0.39 is 0 Å². The third-order valence-electron chi connectivity index (χ3n) is 3.98. The number of rotatable bonds is 9. The molecule has 0 radical (unpaired) electrons. The first-order valence-corrected chi connectivity index (χ1v) is 9.26. The first-order chi connectivity index (χ1) is 13.4. The zero-order valence-electron chi connectivity index (χ0n) is 16.8. The van der Waals surface area contributed by atoms with Gasteiger partial charge in [0, 0.05) is 17.7 Å². The zero-order valence-corrected chi connectivity index (χ0v) is 17.6. The molecule has 1 N–H and O–H groups in total. The molecule has 152 valence electrons. The van der Waals surface area contributed by atoms with Crippen molar-refractivity contribution in [3.8, 4) is 23.0 Å². The molecular weight excluding hydrogens is 382 g/mol. The highest BCUT2D eigenvalue weighted by Gasteiger charge is 2.17. The molecule has 0 aliphatic heterocycles. The van der Waals surface area contributed by atoms with Gasteiger partial charge in [-0.2, -0.15) is 0 Å². The Morgan fingerprint density at radius 1 is 1.04 bits per heavy atom. The molecule has 0 aliphatic carbocycles. The summed E-state index contributed by atoms with van der Waals surface area (Å²) in [6, 6.07) is 8.58. The van der Waals surface area contributed by atoms with Gasteiger partial charge in [0.25, 0.3) is 5.91 Å². The third-order valence-corrected chi connectivity index (χ3v) is 4.26. The van der Waals surface area contributed by atoms with Crippen LogP contribution >= 0.6 is 11.6 Å². The van der Waals surface area contributed by atoms with Gasteiger partial charge < -0.3 is 24.3 Å². The van der Waals surface area contributed by atoms with Gasteiger partial charge in [0.15, 0.2) is 11.5 Å². The number of hydrogen-bond acceptors (Lipinski definition) is 5. The van der Waals surface area contributed by atoms with Crippen molar-refractivity contribution in [2.45, 2.75) is 20.4 Å². The zero-order chi connectivity index (χ0) is 20.7. The van der Waals surface area contributed by atoms with Crippen molar-refractivity contribution < 1.29 is 23.7 Å². The normalized spacial score (nSPS) is 10.5. The van der Waals surface area contributed by atoms with E-state index in [1.807, 2.05) is 19.9 Å². The number of ether oxygens (including phenoxy) is 4. The lowest BCUT2D eigenvalue weighted by Gasteiger charge is -2.16. The minimum absolute atomic E-state index is 0.269. The van der Waals surface area contributed by atoms with E-state index in [2.05, 4.69) is 5.32 Å². The molecule has 6 nitrogen and oxygen atoms in total. The van der Waals surface area contributed by atoms with Crippen molar-refractivity contribution in [2.75, 3.05) is 27.9 Å². The Bertz CT molecular complexity index is 823. The van der Waals surface area contributed by atoms with Gasteiger partial charge in [-0.25, -0.2) is 0 Å². The number of nitrogens with one attached hydrogen (secondary N) is 1. The highest BCUT2D eigenvalue weighted by molar-refractivity contribution is 6.32. The van der Waals surface area contributed by atoms with Gasteiger partial charge in [-0.3, -0.25) is 4.79 Å². The minimum atomic E-state index is -0.291. The average molecular weight is 408 g/mol. The van der Waals surface area contributed by atoms with Crippen LogP contribution in [0.4, 0.5) is 0 Å². The highest BCUT2D eigenvalue weighted by Crippen LogP contribution is 2.36. The van der Waals surface area contributed by atoms with E-state index in [-0.39, 0.29) is 12.5 Å². The maximum atomic E-state index is 12.6. The van der Waals surface area contributed by atoms with Crippen LogP contribution in [0.3, 0.4) is 0 Å². The Hall–Kier alpha value is -2.60. The van der Waals surface area contributed by atoms with Gasteiger partial charge in [-0.05, 0) is 36.2 Å². The predicted molar refractivity (Wildman–Crippen MR) is 109 cm³/mol. The van der Waals surface area contributed by atoms with Gasteiger partial charge in [-0.15, -0.1) is 0 Å². The van der Waals surface area contributed by atoms with Crippen LogP contribution in [-0.2, 0) is 6.54 Å². The molecule has 0 saturated carbocycles. The molecule has 0 heterocycles. The molecule has 1 amide bonds. The smallest absolute Gasteiger partial charge is 0.251 e. The third kappa shape index (κ3) is 5.45. The summed E-state index contributed by atoms with van der Waals surface area (Å²) < 4.78 is 21.6. The lowest BCUT2D eigenvalue weighted by Crippen LogP contribution is -2.23. The molecular formula is C21H26ClNO5. The molecule has 0 saturated heterocycles. The number of carbonyl (C=O) groups is 1. The summed E-state index contributed by atoms with van der Waals surface area (Å²) in [5.41, 5.74) is 1.17. The first kappa shape index (κ1) is 21.7. The lowest BCUT2D eigenvalue weighted by atomic mass is 10.1. The number of halogens is 1. The first-order valence-electron chi connectivity index (χ1n) is 8.89. The Morgan fingerprint density at radius 3 is 2.36 bits per heavy atom. The van der Waals surface area contributed by atoms with Gasteiger partial charge in [0.2, 0.25) is 0 Å². The lowest BCUT2D eigenvalue weighted by molar-refractivity contribution is 0.0950. The summed E-state index contributed by atoms with van der Waals surface area (Å²) in [6.45, 7) is 4.84. The largest absolute Gasteiger partial charge is 0.497 e. The summed E-state index contributed by atoms with van der Waals surface area (Å²) in [5.74, 6) is 2.23. The fourth-order valence-electron chi connectivity index (χ4n) is 2.54. The number of benzene rings is 2. The van der Waals surface area contributed by atoms with Crippen molar-refractivity contribution in [1.82, 2.24) is 5.32 Å². The van der Waals surface area contributed by atoms with E-state index in [1.165, 1.54) is 7.11 Å². The standard InChI is InChI=1S/C21H26ClNO5/c1-13(2)12-28-20-17(22)9-14(10-19(20)27-5)21(24)23-11-15-8-16(25-3)6-7-18(15)26-4/h6-10,13H,11-12H2,1-5H3,(H,23,24). The quantitative estimate of drug-likeness (QED) is 0.670. The van der Waals surface area contributed by atoms with Crippen LogP contribution in [0.2, 0.25) is 5.02 Å². The van der Waals surface area contributed by atoms with Crippen molar-refractivity contribution >= 4 is 17.5 Å². The number of carbonyl (C=O) groups excluding carboxylic acids is 1. The maximum Gasteiger partial charge on any atom is 0.251 e. The van der Waals surface area contributed by atoms with Gasteiger partial charge in [-0.1, -0.05) is 25.4 Å². The highest BCUT2D eigenvalue weighted by atomic mass is 35.5. The summed E-state index contributed by atoms with van der Waals surface area (Å²) in [5, 5.41) is 3.18. The van der Waals surface area contributed by atoms with Crippen LogP contribution < -0.4 is 24.3 Å². The fraction of sp³-hybridized carbons (Fsp3) is 0.381. The molecule has 2 rings (SSSR count). The predicted octanol–water partition coefficient (Wildman–Crippen LogP) is 4.33. The van der Waals surface area contributed by atoms with E-state index in [4.69, 9.17) is 30.5 Å². The molecule has 0 fully saturated rings. The molecule has 2 aromatic carbocycles. The molecule has 28 heavy (non-hydrogen) atoms. The second-order valence-electron chi connectivity index (χ2n) is 6.55. The molecule has 0 bridgehead atoms. The Labute approximate surface area is 170 Å². The van der Waals surface area contributed by atoms with E-state index in [9.17, 15) is 4.79 Å². The van der Waals surface area contributed by atoms with E-state index in [0.717, 1.165) is 5.56 Å². The summed E-state index contributed by atoms with van der Waals surface area (Å²) >= 11 is 6.32. The molecule has 2 aromatic rings. The minimum Gasteiger partial charge on any atom is -0.497 e. The summed E-state index contributed by atoms with van der Waals surface area (Å²) in [6.07, 6.45) is 0. The number of methoxy groups -OCH3 is 3. The van der Waals surface area contributed by atoms with Crippen LogP contribution in [0, 0.1) is 5.92 Å². The SMILES string of the molecule is COc1ccc(OC)c(CNC(=O)c2cc(Cl)c(OCC(C)C)c(OC)c2)c1. The fourth-order valence-corrected chi connectivity index (χ4v) is 2.80. The Kier molecular flexibility index (Phi) is 7.81. The van der Waals surface area contributed by atoms with Crippen LogP contribution in [0.1, 0.15) is 29.8 Å². The maximum absolute atomic E-state index is 12.6.